The molecule has 2 aromatic rings. The molecule has 5 heteroatoms. The van der Waals surface area contributed by atoms with Crippen LogP contribution in [0.1, 0.15) is 50.0 Å². The van der Waals surface area contributed by atoms with Gasteiger partial charge in [0.15, 0.2) is 12.0 Å². The number of nitrogens with zero attached hydrogens (tertiary/aromatic N) is 2. The monoisotopic (exact) mass is 408 g/mol. The molecular weight excluding hydrogens is 380 g/mol. The van der Waals surface area contributed by atoms with E-state index in [1.165, 1.54) is 10.4 Å². The molecule has 29 heavy (non-hydrogen) atoms. The number of rotatable bonds is 4. The number of thiophene rings is 1. The van der Waals surface area contributed by atoms with Gasteiger partial charge in [-0.05, 0) is 35.3 Å². The third kappa shape index (κ3) is 2.98. The first-order chi connectivity index (χ1) is 14.0. The molecule has 1 amide bonds. The minimum atomic E-state index is -0.668. The molecule has 1 aromatic carbocycles. The second kappa shape index (κ2) is 7.06. The summed E-state index contributed by atoms with van der Waals surface area (Å²) in [7, 11) is 0. The first-order valence-corrected chi connectivity index (χ1v) is 11.5. The van der Waals surface area contributed by atoms with Crippen LogP contribution in [0, 0.1) is 17.8 Å². The van der Waals surface area contributed by atoms with Gasteiger partial charge in [-0.2, -0.15) is 0 Å². The van der Waals surface area contributed by atoms with E-state index in [1.54, 1.807) is 11.3 Å². The summed E-state index contributed by atoms with van der Waals surface area (Å²) in [5, 5.41) is 2.07. The van der Waals surface area contributed by atoms with Crippen molar-refractivity contribution in [1.29, 1.82) is 0 Å². The Labute approximate surface area is 176 Å². The fourth-order valence-corrected chi connectivity index (χ4v) is 5.97. The van der Waals surface area contributed by atoms with Crippen LogP contribution in [0.4, 0.5) is 0 Å². The third-order valence-corrected chi connectivity index (χ3v) is 7.80. The maximum Gasteiger partial charge on any atom is 0.229 e. The number of carbonyl (C=O) groups excluding carboxylic acids is 1. The summed E-state index contributed by atoms with van der Waals surface area (Å²) in [6.07, 6.45) is 1.41. The largest absolute Gasteiger partial charge is 0.325 e. The summed E-state index contributed by atoms with van der Waals surface area (Å²) in [5.41, 5.74) is 1.70. The quantitative estimate of drug-likeness (QED) is 0.709. The molecule has 2 bridgehead atoms. The van der Waals surface area contributed by atoms with Gasteiger partial charge in [0.05, 0.1) is 12.3 Å². The molecule has 2 fully saturated rings. The molecule has 152 valence electrons. The summed E-state index contributed by atoms with van der Waals surface area (Å²) in [5.74, 6) is 1.03. The van der Waals surface area contributed by atoms with Crippen molar-refractivity contribution in [2.24, 2.45) is 22.7 Å². The van der Waals surface area contributed by atoms with E-state index >= 15 is 0 Å². The van der Waals surface area contributed by atoms with Gasteiger partial charge in [0.25, 0.3) is 0 Å². The van der Waals surface area contributed by atoms with Gasteiger partial charge in [-0.3, -0.25) is 9.79 Å². The molecular formula is C24H28N2O2S. The molecule has 0 N–H and O–H groups in total. The van der Waals surface area contributed by atoms with Crippen molar-refractivity contribution in [2.45, 2.75) is 58.0 Å². The normalized spacial score (nSPS) is 33.7. The van der Waals surface area contributed by atoms with Crippen LogP contribution >= 0.6 is 11.3 Å². The molecule has 1 saturated heterocycles. The van der Waals surface area contributed by atoms with Crippen LogP contribution in [-0.2, 0) is 16.1 Å². The maximum absolute atomic E-state index is 13.7. The Kier molecular flexibility index (Phi) is 4.63. The molecule has 1 spiro atoms. The van der Waals surface area contributed by atoms with Crippen molar-refractivity contribution in [2.75, 3.05) is 0 Å². The molecule has 1 aliphatic carbocycles. The third-order valence-electron chi connectivity index (χ3n) is 6.94. The molecule has 1 saturated carbocycles. The van der Waals surface area contributed by atoms with Crippen molar-refractivity contribution in [3.8, 4) is 0 Å². The molecule has 5 rings (SSSR count). The van der Waals surface area contributed by atoms with Crippen molar-refractivity contribution in [3.63, 3.8) is 0 Å². The molecule has 4 nitrogen and oxygen atoms in total. The molecule has 1 aromatic heterocycles. The standard InChI is InChI=1S/C24H28N2O2S/c1-15(2)22-25-21-12-19(17-8-5-4-6-9-17)16(3)20-13-24(21,28-22)26(23(20)27)14-18-10-7-11-29-18/h4-11,15-16,19-20,22H,12-14H2,1-3H3/t16-,19+,20?,22-,24+/m1/s1. The van der Waals surface area contributed by atoms with E-state index in [-0.39, 0.29) is 29.9 Å². The van der Waals surface area contributed by atoms with Crippen LogP contribution in [0.25, 0.3) is 0 Å². The van der Waals surface area contributed by atoms with E-state index in [1.807, 2.05) is 11.0 Å². The van der Waals surface area contributed by atoms with Crippen LogP contribution in [0.5, 0.6) is 0 Å². The van der Waals surface area contributed by atoms with Crippen LogP contribution in [-0.4, -0.2) is 28.5 Å². The zero-order chi connectivity index (χ0) is 20.2. The number of fused-ring (bicyclic) bond motifs is 1. The smallest absolute Gasteiger partial charge is 0.229 e. The van der Waals surface area contributed by atoms with Gasteiger partial charge < -0.3 is 9.64 Å². The highest BCUT2D eigenvalue weighted by molar-refractivity contribution is 7.09. The number of likely N-dealkylation sites (tertiary alicyclic amines) is 1. The number of aliphatic imine (C=N–C) groups is 1. The summed E-state index contributed by atoms with van der Waals surface area (Å²) in [6.45, 7) is 7.14. The van der Waals surface area contributed by atoms with Gasteiger partial charge in [0.2, 0.25) is 5.91 Å². The van der Waals surface area contributed by atoms with Crippen molar-refractivity contribution in [1.82, 2.24) is 4.90 Å². The first-order valence-electron chi connectivity index (χ1n) is 10.6. The van der Waals surface area contributed by atoms with Gasteiger partial charge in [0, 0.05) is 23.1 Å². The highest BCUT2D eigenvalue weighted by Crippen LogP contribution is 2.53. The summed E-state index contributed by atoms with van der Waals surface area (Å²) >= 11 is 1.70. The Morgan fingerprint density at radius 3 is 2.69 bits per heavy atom. The second-order valence-corrected chi connectivity index (χ2v) is 10.0. The molecule has 2 aliphatic heterocycles. The number of amides is 1. The highest BCUT2D eigenvalue weighted by atomic mass is 32.1. The molecule has 3 aliphatic rings. The Balaban J connectivity index is 1.58. The molecule has 3 heterocycles. The Hall–Kier alpha value is -1.98. The van der Waals surface area contributed by atoms with Crippen LogP contribution in [0.2, 0.25) is 0 Å². The Morgan fingerprint density at radius 2 is 2.00 bits per heavy atom. The Morgan fingerprint density at radius 1 is 1.21 bits per heavy atom. The zero-order valence-electron chi connectivity index (χ0n) is 17.2. The lowest BCUT2D eigenvalue weighted by molar-refractivity contribution is -0.153. The van der Waals surface area contributed by atoms with E-state index in [0.29, 0.717) is 12.5 Å². The molecule has 1 unspecified atom stereocenters. The van der Waals surface area contributed by atoms with E-state index in [9.17, 15) is 4.79 Å². The SMILES string of the molecule is CC(C)[C@@H]1N=C2C[C@H](c3ccccc3)[C@@H](C)C3C[C@@]2(O1)N(Cc1cccs1)C3=O. The number of ether oxygens (including phenoxy) is 1. The van der Waals surface area contributed by atoms with Crippen molar-refractivity contribution in [3.05, 3.63) is 58.3 Å². The summed E-state index contributed by atoms with van der Waals surface area (Å²) in [6, 6.07) is 14.8. The number of hydrogen-bond donors (Lipinski definition) is 0. The molecule has 5 atom stereocenters. The first kappa shape index (κ1) is 19.0. The van der Waals surface area contributed by atoms with E-state index in [4.69, 9.17) is 9.73 Å². The van der Waals surface area contributed by atoms with E-state index in [2.05, 4.69) is 62.5 Å². The minimum Gasteiger partial charge on any atom is -0.325 e. The van der Waals surface area contributed by atoms with Gasteiger partial charge in [0.1, 0.15) is 0 Å². The number of carbonyl (C=O) groups is 1. The van der Waals surface area contributed by atoms with Gasteiger partial charge in [-0.1, -0.05) is 57.2 Å². The average molecular weight is 409 g/mol. The topological polar surface area (TPSA) is 41.9 Å². The van der Waals surface area contributed by atoms with E-state index < -0.39 is 5.72 Å². The summed E-state index contributed by atoms with van der Waals surface area (Å²) < 4.78 is 6.66. The predicted molar refractivity (Wildman–Crippen MR) is 116 cm³/mol. The van der Waals surface area contributed by atoms with Crippen molar-refractivity contribution >= 4 is 23.0 Å². The highest BCUT2D eigenvalue weighted by Gasteiger charge is 2.62. The van der Waals surface area contributed by atoms with Crippen molar-refractivity contribution < 1.29 is 9.53 Å². The number of hydrogen-bond acceptors (Lipinski definition) is 4. The van der Waals surface area contributed by atoms with Crippen LogP contribution in [0.3, 0.4) is 0 Å². The summed E-state index contributed by atoms with van der Waals surface area (Å²) in [4.78, 5) is 21.9. The molecule has 0 radical (unpaired) electrons. The average Bonchev–Trinajstić information content (AvgIpc) is 3.40. The zero-order valence-corrected chi connectivity index (χ0v) is 18.1. The van der Waals surface area contributed by atoms with E-state index in [0.717, 1.165) is 18.6 Å². The minimum absolute atomic E-state index is 0.0289. The fourth-order valence-electron chi connectivity index (χ4n) is 5.28. The maximum atomic E-state index is 13.7. The van der Waals surface area contributed by atoms with Gasteiger partial charge >= 0.3 is 0 Å². The predicted octanol–water partition coefficient (Wildman–Crippen LogP) is 5.07. The van der Waals surface area contributed by atoms with Gasteiger partial charge in [-0.25, -0.2) is 0 Å². The fraction of sp³-hybridized carbons (Fsp3) is 0.500. The lowest BCUT2D eigenvalue weighted by Crippen LogP contribution is -2.52. The van der Waals surface area contributed by atoms with Crippen LogP contribution < -0.4 is 0 Å². The second-order valence-electron chi connectivity index (χ2n) is 9.01. The number of benzene rings is 1. The lowest BCUT2D eigenvalue weighted by Gasteiger charge is -2.37. The van der Waals surface area contributed by atoms with Crippen LogP contribution in [0.15, 0.2) is 52.8 Å². The lowest BCUT2D eigenvalue weighted by atomic mass is 9.78. The van der Waals surface area contributed by atoms with Gasteiger partial charge in [-0.15, -0.1) is 11.3 Å². The Bertz CT molecular complexity index is 924.